The first-order chi connectivity index (χ1) is 16.6. The van der Waals surface area contributed by atoms with Crippen molar-refractivity contribution in [1.29, 1.82) is 0 Å². The average Bonchev–Trinajstić information content (AvgIpc) is 3.22. The molecule has 0 atom stereocenters. The number of ether oxygens (including phenoxy) is 2. The van der Waals surface area contributed by atoms with Crippen molar-refractivity contribution in [2.24, 2.45) is 0 Å². The van der Waals surface area contributed by atoms with Gasteiger partial charge in [-0.25, -0.2) is 0 Å². The number of hydrogen-bond acceptors (Lipinski definition) is 4. The zero-order valence-corrected chi connectivity index (χ0v) is 20.3. The van der Waals surface area contributed by atoms with Crippen LogP contribution in [0.2, 0.25) is 0 Å². The summed E-state index contributed by atoms with van der Waals surface area (Å²) < 4.78 is 14.0. The molecule has 2 aromatic carbocycles. The van der Waals surface area contributed by atoms with Crippen LogP contribution in [0.4, 0.5) is 0 Å². The first kappa shape index (κ1) is 22.9. The van der Waals surface area contributed by atoms with Crippen LogP contribution in [0.3, 0.4) is 0 Å². The Bertz CT molecular complexity index is 1110. The van der Waals surface area contributed by atoms with Gasteiger partial charge >= 0.3 is 0 Å². The highest BCUT2D eigenvalue weighted by Gasteiger charge is 2.25. The number of hydrogen-bond donors (Lipinski definition) is 0. The predicted molar refractivity (Wildman–Crippen MR) is 135 cm³/mol. The van der Waals surface area contributed by atoms with Gasteiger partial charge in [-0.3, -0.25) is 4.79 Å². The number of rotatable bonds is 6. The molecule has 6 nitrogen and oxygen atoms in total. The van der Waals surface area contributed by atoms with Crippen LogP contribution in [0.1, 0.15) is 42.7 Å². The SMILES string of the molecule is CC(C)N1CCC(Oc2ccc3c(c2)cc(C(=O)N2CCOCC2)n3Cc2ccccc2)CC1. The monoisotopic (exact) mass is 461 g/mol. The van der Waals surface area contributed by atoms with Crippen LogP contribution in [-0.4, -0.2) is 71.8 Å². The van der Waals surface area contributed by atoms with E-state index >= 15 is 0 Å². The van der Waals surface area contributed by atoms with E-state index in [1.54, 1.807) is 0 Å². The molecule has 180 valence electrons. The van der Waals surface area contributed by atoms with Crippen molar-refractivity contribution in [3.05, 3.63) is 65.9 Å². The zero-order valence-electron chi connectivity index (χ0n) is 20.3. The molecule has 2 aliphatic heterocycles. The minimum Gasteiger partial charge on any atom is -0.490 e. The third-order valence-corrected chi connectivity index (χ3v) is 7.08. The van der Waals surface area contributed by atoms with Crippen molar-refractivity contribution in [1.82, 2.24) is 14.4 Å². The third kappa shape index (κ3) is 4.98. The number of carbonyl (C=O) groups excluding carboxylic acids is 1. The minimum absolute atomic E-state index is 0.0685. The minimum atomic E-state index is 0.0685. The Balaban J connectivity index is 1.41. The number of morpholine rings is 1. The fourth-order valence-corrected chi connectivity index (χ4v) is 5.07. The van der Waals surface area contributed by atoms with Gasteiger partial charge in [-0.15, -0.1) is 0 Å². The summed E-state index contributed by atoms with van der Waals surface area (Å²) in [6.45, 7) is 9.78. The molecule has 34 heavy (non-hydrogen) atoms. The van der Waals surface area contributed by atoms with Gasteiger partial charge in [-0.1, -0.05) is 30.3 Å². The third-order valence-electron chi connectivity index (χ3n) is 7.08. The maximum Gasteiger partial charge on any atom is 0.270 e. The Kier molecular flexibility index (Phi) is 6.88. The maximum absolute atomic E-state index is 13.5. The molecule has 5 rings (SSSR count). The molecule has 0 spiro atoms. The normalized spacial score (nSPS) is 18.0. The molecular weight excluding hydrogens is 426 g/mol. The first-order valence-electron chi connectivity index (χ1n) is 12.5. The van der Waals surface area contributed by atoms with Crippen molar-refractivity contribution in [3.63, 3.8) is 0 Å². The Labute approximate surface area is 202 Å². The number of aromatic nitrogens is 1. The van der Waals surface area contributed by atoms with Crippen LogP contribution in [0.25, 0.3) is 10.9 Å². The summed E-state index contributed by atoms with van der Waals surface area (Å²) in [4.78, 5) is 17.9. The lowest BCUT2D eigenvalue weighted by Crippen LogP contribution is -2.41. The molecule has 0 unspecified atom stereocenters. The van der Waals surface area contributed by atoms with Gasteiger partial charge in [0, 0.05) is 49.7 Å². The highest BCUT2D eigenvalue weighted by atomic mass is 16.5. The van der Waals surface area contributed by atoms with Crippen LogP contribution in [0.15, 0.2) is 54.6 Å². The molecule has 2 fully saturated rings. The molecule has 2 saturated heterocycles. The fraction of sp³-hybridized carbons (Fsp3) is 0.464. The van der Waals surface area contributed by atoms with Crippen LogP contribution in [0.5, 0.6) is 5.75 Å². The summed E-state index contributed by atoms with van der Waals surface area (Å²) in [5.74, 6) is 0.955. The Morgan fingerprint density at radius 3 is 2.44 bits per heavy atom. The van der Waals surface area contributed by atoms with E-state index in [2.05, 4.69) is 53.6 Å². The second-order valence-corrected chi connectivity index (χ2v) is 9.67. The van der Waals surface area contributed by atoms with E-state index in [1.807, 2.05) is 29.2 Å². The number of amides is 1. The van der Waals surface area contributed by atoms with Gasteiger partial charge in [0.25, 0.3) is 5.91 Å². The van der Waals surface area contributed by atoms with E-state index < -0.39 is 0 Å². The number of nitrogens with zero attached hydrogens (tertiary/aromatic N) is 3. The van der Waals surface area contributed by atoms with Crippen molar-refractivity contribution in [2.45, 2.75) is 45.4 Å². The number of benzene rings is 2. The first-order valence-corrected chi connectivity index (χ1v) is 12.5. The van der Waals surface area contributed by atoms with Gasteiger partial charge in [-0.05, 0) is 56.5 Å². The zero-order chi connectivity index (χ0) is 23.5. The van der Waals surface area contributed by atoms with Gasteiger partial charge in [0.1, 0.15) is 17.5 Å². The summed E-state index contributed by atoms with van der Waals surface area (Å²) >= 11 is 0. The lowest BCUT2D eigenvalue weighted by atomic mass is 10.1. The number of carbonyl (C=O) groups is 1. The van der Waals surface area contributed by atoms with Crippen LogP contribution in [-0.2, 0) is 11.3 Å². The molecule has 0 saturated carbocycles. The van der Waals surface area contributed by atoms with E-state index in [0.29, 0.717) is 38.9 Å². The molecule has 3 aromatic rings. The van der Waals surface area contributed by atoms with Crippen LogP contribution < -0.4 is 4.74 Å². The number of fused-ring (bicyclic) bond motifs is 1. The number of piperidine rings is 1. The smallest absolute Gasteiger partial charge is 0.270 e. The Morgan fingerprint density at radius 1 is 1.00 bits per heavy atom. The van der Waals surface area contributed by atoms with Crippen molar-refractivity contribution in [3.8, 4) is 5.75 Å². The van der Waals surface area contributed by atoms with Gasteiger partial charge in [0.15, 0.2) is 0 Å². The van der Waals surface area contributed by atoms with Gasteiger partial charge in [-0.2, -0.15) is 0 Å². The van der Waals surface area contributed by atoms with E-state index in [9.17, 15) is 4.79 Å². The molecule has 2 aliphatic rings. The second-order valence-electron chi connectivity index (χ2n) is 9.67. The highest BCUT2D eigenvalue weighted by molar-refractivity contribution is 5.99. The van der Waals surface area contributed by atoms with Gasteiger partial charge in [0.2, 0.25) is 0 Å². The lowest BCUT2D eigenvalue weighted by Gasteiger charge is -2.34. The quantitative estimate of drug-likeness (QED) is 0.546. The van der Waals surface area contributed by atoms with Crippen molar-refractivity contribution >= 4 is 16.8 Å². The standard InChI is InChI=1S/C28H35N3O3/c1-21(2)29-12-10-24(11-13-29)34-25-8-9-26-23(18-25)19-27(28(32)30-14-16-33-17-15-30)31(26)20-22-6-4-3-5-7-22/h3-9,18-19,21,24H,10-17,20H2,1-2H3. The van der Waals surface area contributed by atoms with Gasteiger partial charge in [0.05, 0.1) is 13.2 Å². The molecule has 0 radical (unpaired) electrons. The van der Waals surface area contributed by atoms with E-state index in [0.717, 1.165) is 48.3 Å². The maximum atomic E-state index is 13.5. The van der Waals surface area contributed by atoms with Crippen molar-refractivity contribution in [2.75, 3.05) is 39.4 Å². The highest BCUT2D eigenvalue weighted by Crippen LogP contribution is 2.29. The molecule has 0 bridgehead atoms. The molecule has 1 amide bonds. The van der Waals surface area contributed by atoms with Crippen LogP contribution in [0, 0.1) is 0 Å². The number of likely N-dealkylation sites (tertiary alicyclic amines) is 1. The average molecular weight is 462 g/mol. The largest absolute Gasteiger partial charge is 0.490 e. The summed E-state index contributed by atoms with van der Waals surface area (Å²) in [6.07, 6.45) is 2.34. The lowest BCUT2D eigenvalue weighted by molar-refractivity contribution is 0.0296. The van der Waals surface area contributed by atoms with Crippen LogP contribution >= 0.6 is 0 Å². The Morgan fingerprint density at radius 2 is 1.74 bits per heavy atom. The topological polar surface area (TPSA) is 46.9 Å². The van der Waals surface area contributed by atoms with E-state index in [-0.39, 0.29) is 12.0 Å². The summed E-state index contributed by atoms with van der Waals surface area (Å²) in [5.41, 5.74) is 2.96. The molecule has 1 aromatic heterocycles. The van der Waals surface area contributed by atoms with Crippen molar-refractivity contribution < 1.29 is 14.3 Å². The predicted octanol–water partition coefficient (Wildman–Crippen LogP) is 4.41. The Hall–Kier alpha value is -2.83. The van der Waals surface area contributed by atoms with E-state index in [1.165, 1.54) is 5.56 Å². The molecule has 0 aliphatic carbocycles. The van der Waals surface area contributed by atoms with Gasteiger partial charge < -0.3 is 23.8 Å². The fourth-order valence-electron chi connectivity index (χ4n) is 5.07. The summed E-state index contributed by atoms with van der Waals surface area (Å²) in [7, 11) is 0. The molecule has 3 heterocycles. The molecule has 0 N–H and O–H groups in total. The second kappa shape index (κ2) is 10.2. The molecule has 6 heteroatoms. The van der Waals surface area contributed by atoms with E-state index in [4.69, 9.17) is 9.47 Å². The summed E-state index contributed by atoms with van der Waals surface area (Å²) in [6, 6.07) is 19.2. The summed E-state index contributed by atoms with van der Waals surface area (Å²) in [5, 5.41) is 1.05. The molecular formula is C28H35N3O3.